The minimum absolute atomic E-state index is 0.0309. The Morgan fingerprint density at radius 3 is 2.42 bits per heavy atom. The summed E-state index contributed by atoms with van der Waals surface area (Å²) in [5.74, 6) is -2.53. The normalized spacial score (nSPS) is 16.4. The lowest BCUT2D eigenvalue weighted by molar-refractivity contribution is -0.142. The molecule has 0 aliphatic heterocycles. The summed E-state index contributed by atoms with van der Waals surface area (Å²) in [7, 11) is -3.65. The lowest BCUT2D eigenvalue weighted by Crippen LogP contribution is -2.35. The highest BCUT2D eigenvalue weighted by atomic mass is 35.5. The van der Waals surface area contributed by atoms with Crippen LogP contribution in [0.3, 0.4) is 0 Å². The van der Waals surface area contributed by atoms with Crippen molar-refractivity contribution in [1.29, 1.82) is 0 Å². The Bertz CT molecular complexity index is 896. The van der Waals surface area contributed by atoms with Crippen molar-refractivity contribution in [3.8, 4) is 5.75 Å². The van der Waals surface area contributed by atoms with Crippen LogP contribution in [0.5, 0.6) is 5.75 Å². The molecule has 1 aliphatic carbocycles. The van der Waals surface area contributed by atoms with E-state index in [2.05, 4.69) is 0 Å². The highest BCUT2D eigenvalue weighted by Gasteiger charge is 2.36. The summed E-state index contributed by atoms with van der Waals surface area (Å²) in [4.78, 5) is 37.0. The van der Waals surface area contributed by atoms with Crippen molar-refractivity contribution in [3.05, 3.63) is 23.8 Å². The molecule has 0 N–H and O–H groups in total. The first kappa shape index (κ1) is 25.5. The summed E-state index contributed by atoms with van der Waals surface area (Å²) in [6.45, 7) is 2.56. The number of benzene rings is 1. The van der Waals surface area contributed by atoms with Crippen molar-refractivity contribution < 1.29 is 37.0 Å². The quantitative estimate of drug-likeness (QED) is 0.196. The van der Waals surface area contributed by atoms with Gasteiger partial charge in [0.1, 0.15) is 16.6 Å². The number of rotatable bonds is 12. The molecular formula is C21H27ClO8S. The zero-order valence-electron chi connectivity index (χ0n) is 17.6. The smallest absolute Gasteiger partial charge is 0.180 e. The van der Waals surface area contributed by atoms with Gasteiger partial charge in [0.05, 0.1) is 13.2 Å². The first-order valence-corrected chi connectivity index (χ1v) is 12.5. The van der Waals surface area contributed by atoms with Gasteiger partial charge in [0.25, 0.3) is 0 Å². The highest BCUT2D eigenvalue weighted by Crippen LogP contribution is 2.29. The number of ether oxygens (including phenoxy) is 3. The molecule has 8 nitrogen and oxygen atoms in total. The number of sulfone groups is 1. The number of carbonyl (C=O) groups is 3. The SMILES string of the molecule is CCOC(CCOc1cc(C(=O)C2C(=O)CCCC2=O)ccc1S(C)(=O)=O)OCCCl. The summed E-state index contributed by atoms with van der Waals surface area (Å²) >= 11 is 5.62. The summed E-state index contributed by atoms with van der Waals surface area (Å²) in [5.41, 5.74) is 0.0516. The van der Waals surface area contributed by atoms with Gasteiger partial charge in [0.2, 0.25) is 0 Å². The molecule has 0 spiro atoms. The van der Waals surface area contributed by atoms with E-state index in [9.17, 15) is 22.8 Å². The van der Waals surface area contributed by atoms with Gasteiger partial charge in [-0.15, -0.1) is 11.6 Å². The first-order valence-electron chi connectivity index (χ1n) is 10.0. The molecule has 1 aromatic rings. The molecule has 0 aromatic heterocycles. The predicted octanol–water partition coefficient (Wildman–Crippen LogP) is 2.60. The van der Waals surface area contributed by atoms with Gasteiger partial charge in [-0.3, -0.25) is 14.4 Å². The fourth-order valence-corrected chi connectivity index (χ4v) is 4.17. The van der Waals surface area contributed by atoms with Crippen molar-refractivity contribution in [1.82, 2.24) is 0 Å². The third kappa shape index (κ3) is 7.10. The number of halogens is 1. The van der Waals surface area contributed by atoms with E-state index in [0.29, 0.717) is 25.3 Å². The third-order valence-corrected chi connectivity index (χ3v) is 6.02. The number of Topliss-reactive ketones (excluding diaryl/α,β-unsaturated/α-hetero) is 3. The van der Waals surface area contributed by atoms with Gasteiger partial charge in [-0.25, -0.2) is 8.42 Å². The molecule has 0 radical (unpaired) electrons. The maximum Gasteiger partial charge on any atom is 0.180 e. The van der Waals surface area contributed by atoms with Crippen LogP contribution in [0.15, 0.2) is 23.1 Å². The minimum Gasteiger partial charge on any atom is -0.492 e. The fraction of sp³-hybridized carbons (Fsp3) is 0.571. The van der Waals surface area contributed by atoms with Crippen LogP contribution in [0.2, 0.25) is 0 Å². The standard InChI is InChI=1S/C21H27ClO8S/c1-3-28-19(30-12-10-22)9-11-29-17-13-14(7-8-18(17)31(2,26)27)21(25)20-15(23)5-4-6-16(20)24/h7-8,13,19-20H,3-6,9-12H2,1-2H3. The Kier molecular flexibility index (Phi) is 9.61. The Labute approximate surface area is 187 Å². The average molecular weight is 475 g/mol. The zero-order valence-corrected chi connectivity index (χ0v) is 19.2. The minimum atomic E-state index is -3.65. The van der Waals surface area contributed by atoms with Crippen LogP contribution in [0, 0.1) is 5.92 Å². The second kappa shape index (κ2) is 11.7. The van der Waals surface area contributed by atoms with E-state index in [-0.39, 0.29) is 42.3 Å². The van der Waals surface area contributed by atoms with E-state index in [0.717, 1.165) is 6.26 Å². The number of alkyl halides is 1. The van der Waals surface area contributed by atoms with Gasteiger partial charge in [-0.2, -0.15) is 0 Å². The molecule has 1 aromatic carbocycles. The predicted molar refractivity (Wildman–Crippen MR) is 113 cm³/mol. The molecule has 1 saturated carbocycles. The molecule has 1 atom stereocenters. The fourth-order valence-electron chi connectivity index (χ4n) is 3.29. The van der Waals surface area contributed by atoms with Crippen molar-refractivity contribution in [3.63, 3.8) is 0 Å². The lowest BCUT2D eigenvalue weighted by Gasteiger charge is -2.20. The van der Waals surface area contributed by atoms with Crippen LogP contribution in [0.4, 0.5) is 0 Å². The molecular weight excluding hydrogens is 448 g/mol. The number of carbonyl (C=O) groups excluding carboxylic acids is 3. The largest absolute Gasteiger partial charge is 0.492 e. The summed E-state index contributed by atoms with van der Waals surface area (Å²) in [5, 5.41) is 0. The van der Waals surface area contributed by atoms with E-state index in [1.165, 1.54) is 18.2 Å². The first-order chi connectivity index (χ1) is 14.7. The highest BCUT2D eigenvalue weighted by molar-refractivity contribution is 7.90. The Morgan fingerprint density at radius 1 is 1.16 bits per heavy atom. The molecule has 31 heavy (non-hydrogen) atoms. The summed E-state index contributed by atoms with van der Waals surface area (Å²) in [6, 6.07) is 3.82. The van der Waals surface area contributed by atoms with E-state index < -0.39 is 39.4 Å². The lowest BCUT2D eigenvalue weighted by atomic mass is 9.81. The Balaban J connectivity index is 2.23. The second-order valence-corrected chi connectivity index (χ2v) is 9.46. The summed E-state index contributed by atoms with van der Waals surface area (Å²) < 4.78 is 40.8. The molecule has 10 heteroatoms. The number of hydrogen-bond acceptors (Lipinski definition) is 8. The van der Waals surface area contributed by atoms with Gasteiger partial charge < -0.3 is 14.2 Å². The van der Waals surface area contributed by atoms with Crippen molar-refractivity contribution in [2.45, 2.75) is 43.8 Å². The van der Waals surface area contributed by atoms with Gasteiger partial charge >= 0.3 is 0 Å². The maximum absolute atomic E-state index is 12.8. The monoisotopic (exact) mass is 474 g/mol. The van der Waals surface area contributed by atoms with E-state index >= 15 is 0 Å². The molecule has 1 fully saturated rings. The Morgan fingerprint density at radius 2 is 1.84 bits per heavy atom. The molecule has 1 unspecified atom stereocenters. The molecule has 0 amide bonds. The molecule has 172 valence electrons. The molecule has 1 aliphatic rings. The van der Waals surface area contributed by atoms with Crippen LogP contribution >= 0.6 is 11.6 Å². The van der Waals surface area contributed by atoms with Crippen molar-refractivity contribution in [2.75, 3.05) is 32.0 Å². The molecule has 0 saturated heterocycles. The van der Waals surface area contributed by atoms with E-state index in [1.54, 1.807) is 0 Å². The van der Waals surface area contributed by atoms with Gasteiger partial charge in [0.15, 0.2) is 33.5 Å². The van der Waals surface area contributed by atoms with Crippen LogP contribution in [-0.2, 0) is 28.9 Å². The van der Waals surface area contributed by atoms with Gasteiger partial charge in [-0.05, 0) is 31.5 Å². The molecule has 0 bridgehead atoms. The van der Waals surface area contributed by atoms with Gasteiger partial charge in [0, 0.05) is 43.6 Å². The van der Waals surface area contributed by atoms with Crippen molar-refractivity contribution >= 4 is 38.8 Å². The third-order valence-electron chi connectivity index (χ3n) is 4.72. The zero-order chi connectivity index (χ0) is 23.0. The molecule has 0 heterocycles. The van der Waals surface area contributed by atoms with Crippen molar-refractivity contribution in [2.24, 2.45) is 5.92 Å². The van der Waals surface area contributed by atoms with Gasteiger partial charge in [-0.1, -0.05) is 0 Å². The van der Waals surface area contributed by atoms with Crippen LogP contribution in [-0.4, -0.2) is 64.0 Å². The Hall–Kier alpha value is -1.81. The second-order valence-electron chi connectivity index (χ2n) is 7.10. The number of hydrogen-bond donors (Lipinski definition) is 0. The maximum atomic E-state index is 12.8. The van der Waals surface area contributed by atoms with E-state index in [1.807, 2.05) is 6.92 Å². The van der Waals surface area contributed by atoms with E-state index in [4.69, 9.17) is 25.8 Å². The van der Waals surface area contributed by atoms with Crippen LogP contribution < -0.4 is 4.74 Å². The average Bonchev–Trinajstić information content (AvgIpc) is 2.71. The van der Waals surface area contributed by atoms with Crippen LogP contribution in [0.25, 0.3) is 0 Å². The van der Waals surface area contributed by atoms with Crippen LogP contribution in [0.1, 0.15) is 43.0 Å². The summed E-state index contributed by atoms with van der Waals surface area (Å²) in [6.07, 6.45) is 1.54. The molecule has 2 rings (SSSR count). The topological polar surface area (TPSA) is 113 Å². The number of ketones is 3.